The molecule has 0 aliphatic rings. The summed E-state index contributed by atoms with van der Waals surface area (Å²) in [6, 6.07) is 5.81. The summed E-state index contributed by atoms with van der Waals surface area (Å²) in [5.74, 6) is -4.27. The van der Waals surface area contributed by atoms with Gasteiger partial charge in [-0.05, 0) is 25.1 Å². The van der Waals surface area contributed by atoms with E-state index in [1.165, 1.54) is 25.1 Å². The number of carbonyl (C=O) groups excluding carboxylic acids is 2. The number of hydrogen-bond acceptors (Lipinski definition) is 3. The zero-order valence-corrected chi connectivity index (χ0v) is 13.7. The number of halogens is 4. The fourth-order valence-electron chi connectivity index (χ4n) is 2.11. The van der Waals surface area contributed by atoms with Crippen LogP contribution < -0.4 is 5.32 Å². The number of nitrogens with one attached hydrogen (secondary N) is 1. The zero-order chi connectivity index (χ0) is 18.6. The summed E-state index contributed by atoms with van der Waals surface area (Å²) in [7, 11) is 0. The van der Waals surface area contributed by atoms with E-state index in [1.807, 2.05) is 0 Å². The molecule has 0 aliphatic heterocycles. The second kappa shape index (κ2) is 8.02. The Morgan fingerprint density at radius 2 is 1.88 bits per heavy atom. The van der Waals surface area contributed by atoms with Gasteiger partial charge in [-0.15, -0.1) is 0 Å². The Balaban J connectivity index is 1.95. The second-order valence-electron chi connectivity index (χ2n) is 5.13. The van der Waals surface area contributed by atoms with Crippen molar-refractivity contribution in [3.8, 4) is 0 Å². The van der Waals surface area contributed by atoms with Gasteiger partial charge in [-0.2, -0.15) is 0 Å². The lowest BCUT2D eigenvalue weighted by Crippen LogP contribution is -2.31. The zero-order valence-electron chi connectivity index (χ0n) is 13.0. The molecule has 132 valence electrons. The van der Waals surface area contributed by atoms with Crippen LogP contribution in [-0.4, -0.2) is 18.5 Å². The third kappa shape index (κ3) is 4.73. The highest BCUT2D eigenvalue weighted by molar-refractivity contribution is 6.33. The smallest absolute Gasteiger partial charge is 0.343 e. The molecule has 4 nitrogen and oxygen atoms in total. The van der Waals surface area contributed by atoms with E-state index in [9.17, 15) is 22.8 Å². The molecule has 0 saturated carbocycles. The molecule has 0 fully saturated rings. The molecule has 2 aromatic carbocycles. The molecule has 25 heavy (non-hydrogen) atoms. The molecule has 0 bridgehead atoms. The minimum atomic E-state index is -1.10. The minimum Gasteiger partial charge on any atom is -0.452 e. The monoisotopic (exact) mass is 371 g/mol. The van der Waals surface area contributed by atoms with Crippen LogP contribution in [0, 0.1) is 17.5 Å². The van der Waals surface area contributed by atoms with Crippen LogP contribution >= 0.6 is 11.6 Å². The van der Waals surface area contributed by atoms with Gasteiger partial charge in [-0.25, -0.2) is 18.0 Å². The minimum absolute atomic E-state index is 0.0678. The Morgan fingerprint density at radius 1 is 1.16 bits per heavy atom. The SMILES string of the molecule is C[C@H](NC(=O)COC(=O)c1c(F)cccc1Cl)c1ccc(F)cc1F. The number of rotatable bonds is 5. The highest BCUT2D eigenvalue weighted by atomic mass is 35.5. The molecule has 0 heterocycles. The molecule has 1 atom stereocenters. The molecule has 1 amide bonds. The first-order valence-electron chi connectivity index (χ1n) is 7.15. The number of ether oxygens (including phenoxy) is 1. The van der Waals surface area contributed by atoms with E-state index in [-0.39, 0.29) is 10.6 Å². The van der Waals surface area contributed by atoms with Crippen LogP contribution in [0.5, 0.6) is 0 Å². The molecule has 0 saturated heterocycles. The van der Waals surface area contributed by atoms with Crippen LogP contribution in [0.2, 0.25) is 5.02 Å². The van der Waals surface area contributed by atoms with Gasteiger partial charge in [0, 0.05) is 11.6 Å². The van der Waals surface area contributed by atoms with Crippen LogP contribution in [0.15, 0.2) is 36.4 Å². The van der Waals surface area contributed by atoms with E-state index in [0.717, 1.165) is 12.1 Å². The summed E-state index contributed by atoms with van der Waals surface area (Å²) in [4.78, 5) is 23.6. The summed E-state index contributed by atoms with van der Waals surface area (Å²) >= 11 is 5.72. The highest BCUT2D eigenvalue weighted by Crippen LogP contribution is 2.20. The van der Waals surface area contributed by atoms with E-state index >= 15 is 0 Å². The van der Waals surface area contributed by atoms with Crippen molar-refractivity contribution in [1.82, 2.24) is 5.32 Å². The van der Waals surface area contributed by atoms with Crippen molar-refractivity contribution >= 4 is 23.5 Å². The molecule has 0 radical (unpaired) electrons. The Bertz CT molecular complexity index is 793. The first-order valence-corrected chi connectivity index (χ1v) is 7.53. The van der Waals surface area contributed by atoms with Crippen molar-refractivity contribution in [3.63, 3.8) is 0 Å². The lowest BCUT2D eigenvalue weighted by atomic mass is 10.1. The first kappa shape index (κ1) is 18.8. The standard InChI is InChI=1S/C17H13ClF3NO3/c1-9(11-6-5-10(19)7-14(11)21)22-15(23)8-25-17(24)16-12(18)3-2-4-13(16)20/h2-7,9H,8H2,1H3,(H,22,23)/t9-/m0/s1. The van der Waals surface area contributed by atoms with Crippen molar-refractivity contribution < 1.29 is 27.5 Å². The Labute approximate surface area is 146 Å². The predicted molar refractivity (Wildman–Crippen MR) is 84.6 cm³/mol. The molecular weight excluding hydrogens is 359 g/mol. The van der Waals surface area contributed by atoms with Crippen LogP contribution in [0.1, 0.15) is 28.9 Å². The van der Waals surface area contributed by atoms with Crippen LogP contribution in [0.4, 0.5) is 13.2 Å². The maximum atomic E-state index is 13.6. The molecular formula is C17H13ClF3NO3. The first-order chi connectivity index (χ1) is 11.8. The van der Waals surface area contributed by atoms with E-state index in [1.54, 1.807) is 0 Å². The molecule has 0 spiro atoms. The fraction of sp³-hybridized carbons (Fsp3) is 0.176. The van der Waals surface area contributed by atoms with Crippen molar-refractivity contribution in [2.75, 3.05) is 6.61 Å². The Hall–Kier alpha value is -2.54. The summed E-state index contributed by atoms with van der Waals surface area (Å²) in [6.45, 7) is 0.764. The van der Waals surface area contributed by atoms with Gasteiger partial charge in [0.1, 0.15) is 23.0 Å². The van der Waals surface area contributed by atoms with E-state index < -0.39 is 47.5 Å². The molecule has 0 unspecified atom stereocenters. The lowest BCUT2D eigenvalue weighted by molar-refractivity contribution is -0.124. The number of amides is 1. The summed E-state index contributed by atoms with van der Waals surface area (Å²) in [5.41, 5.74) is -0.409. The highest BCUT2D eigenvalue weighted by Gasteiger charge is 2.19. The van der Waals surface area contributed by atoms with Gasteiger partial charge in [0.15, 0.2) is 6.61 Å². The molecule has 2 aromatic rings. The van der Waals surface area contributed by atoms with E-state index in [0.29, 0.717) is 6.07 Å². The molecule has 1 N–H and O–H groups in total. The van der Waals surface area contributed by atoms with Gasteiger partial charge in [-0.3, -0.25) is 4.79 Å². The average molecular weight is 372 g/mol. The van der Waals surface area contributed by atoms with Crippen LogP contribution in [0.3, 0.4) is 0 Å². The van der Waals surface area contributed by atoms with Crippen molar-refractivity contribution in [3.05, 3.63) is 70.0 Å². The van der Waals surface area contributed by atoms with E-state index in [4.69, 9.17) is 16.3 Å². The van der Waals surface area contributed by atoms with Crippen LogP contribution in [0.25, 0.3) is 0 Å². The summed E-state index contributed by atoms with van der Waals surface area (Å²) in [6.07, 6.45) is 0. The molecule has 0 aromatic heterocycles. The number of carbonyl (C=O) groups is 2. The van der Waals surface area contributed by atoms with Crippen molar-refractivity contribution in [2.45, 2.75) is 13.0 Å². The average Bonchev–Trinajstić information content (AvgIpc) is 2.52. The van der Waals surface area contributed by atoms with Gasteiger partial charge in [0.2, 0.25) is 0 Å². The van der Waals surface area contributed by atoms with Crippen molar-refractivity contribution in [1.29, 1.82) is 0 Å². The summed E-state index contributed by atoms with van der Waals surface area (Å²) in [5, 5.41) is 2.24. The fourth-order valence-corrected chi connectivity index (χ4v) is 2.35. The van der Waals surface area contributed by atoms with Gasteiger partial charge in [-0.1, -0.05) is 23.7 Å². The van der Waals surface area contributed by atoms with Gasteiger partial charge in [0.25, 0.3) is 5.91 Å². The number of benzene rings is 2. The predicted octanol–water partition coefficient (Wildman–Crippen LogP) is 3.79. The van der Waals surface area contributed by atoms with Gasteiger partial charge in [0.05, 0.1) is 11.1 Å². The van der Waals surface area contributed by atoms with Gasteiger partial charge >= 0.3 is 5.97 Å². The number of esters is 1. The quantitative estimate of drug-likeness (QED) is 0.813. The maximum absolute atomic E-state index is 13.6. The van der Waals surface area contributed by atoms with Crippen LogP contribution in [-0.2, 0) is 9.53 Å². The lowest BCUT2D eigenvalue weighted by Gasteiger charge is -2.15. The third-order valence-electron chi connectivity index (χ3n) is 3.31. The normalized spacial score (nSPS) is 11.7. The van der Waals surface area contributed by atoms with Gasteiger partial charge < -0.3 is 10.1 Å². The largest absolute Gasteiger partial charge is 0.452 e. The molecule has 2 rings (SSSR count). The Morgan fingerprint density at radius 3 is 2.52 bits per heavy atom. The second-order valence-corrected chi connectivity index (χ2v) is 5.54. The topological polar surface area (TPSA) is 55.4 Å². The summed E-state index contributed by atoms with van der Waals surface area (Å²) < 4.78 is 44.8. The maximum Gasteiger partial charge on any atom is 0.343 e. The van der Waals surface area contributed by atoms with E-state index in [2.05, 4.69) is 5.32 Å². The third-order valence-corrected chi connectivity index (χ3v) is 3.62. The Kier molecular flexibility index (Phi) is 6.03. The van der Waals surface area contributed by atoms with Crippen molar-refractivity contribution in [2.24, 2.45) is 0 Å². The molecule has 0 aliphatic carbocycles. The molecule has 8 heteroatoms. The number of hydrogen-bond donors (Lipinski definition) is 1.